The first-order valence-electron chi connectivity index (χ1n) is 6.03. The van der Waals surface area contributed by atoms with E-state index in [2.05, 4.69) is 15.5 Å². The Kier molecular flexibility index (Phi) is 4.75. The monoisotopic (exact) mass is 279 g/mol. The average Bonchev–Trinajstić information content (AvgIpc) is 2.85. The largest absolute Gasteiger partial charge is 0.347 e. The summed E-state index contributed by atoms with van der Waals surface area (Å²) in [6.45, 7) is 0.330. The number of hydrogen-bond donors (Lipinski definition) is 2. The summed E-state index contributed by atoms with van der Waals surface area (Å²) in [5.41, 5.74) is 6.55. The summed E-state index contributed by atoms with van der Waals surface area (Å²) in [4.78, 5) is 11.8. The van der Waals surface area contributed by atoms with Gasteiger partial charge in [-0.15, -0.1) is 10.2 Å². The second-order valence-corrected chi connectivity index (χ2v) is 5.14. The molecule has 2 aromatic heterocycles. The minimum atomic E-state index is -0.466. The fourth-order valence-electron chi connectivity index (χ4n) is 1.68. The molecule has 19 heavy (non-hydrogen) atoms. The molecule has 0 spiro atoms. The van der Waals surface area contributed by atoms with Crippen LogP contribution in [0.4, 0.5) is 0 Å². The fourth-order valence-corrected chi connectivity index (χ4v) is 2.17. The van der Waals surface area contributed by atoms with Gasteiger partial charge in [0.15, 0.2) is 11.5 Å². The summed E-state index contributed by atoms with van der Waals surface area (Å²) < 4.78 is 1.84. The van der Waals surface area contributed by atoms with Gasteiger partial charge in [-0.25, -0.2) is 0 Å². The SMILES string of the molecule is CSCC[C@H](N)C(=O)NCc1nnc2ccccn12. The Morgan fingerprint density at radius 1 is 1.53 bits per heavy atom. The zero-order valence-corrected chi connectivity index (χ0v) is 11.6. The number of carbonyl (C=O) groups excluding carboxylic acids is 1. The van der Waals surface area contributed by atoms with E-state index in [1.54, 1.807) is 11.8 Å². The predicted molar refractivity (Wildman–Crippen MR) is 75.8 cm³/mol. The lowest BCUT2D eigenvalue weighted by atomic mass is 10.2. The van der Waals surface area contributed by atoms with Crippen LogP contribution in [0.2, 0.25) is 0 Å². The summed E-state index contributed by atoms with van der Waals surface area (Å²) in [6.07, 6.45) is 4.53. The van der Waals surface area contributed by atoms with Gasteiger partial charge in [-0.05, 0) is 30.6 Å². The van der Waals surface area contributed by atoms with Crippen molar-refractivity contribution in [2.45, 2.75) is 19.0 Å². The molecule has 0 aliphatic carbocycles. The molecule has 1 amide bonds. The highest BCUT2D eigenvalue weighted by molar-refractivity contribution is 7.98. The first-order chi connectivity index (χ1) is 9.22. The zero-order valence-electron chi connectivity index (χ0n) is 10.7. The number of rotatable bonds is 6. The quantitative estimate of drug-likeness (QED) is 0.800. The van der Waals surface area contributed by atoms with Crippen molar-refractivity contribution in [3.8, 4) is 0 Å². The Morgan fingerprint density at radius 3 is 3.16 bits per heavy atom. The highest BCUT2D eigenvalue weighted by Crippen LogP contribution is 2.03. The summed E-state index contributed by atoms with van der Waals surface area (Å²) in [5, 5.41) is 10.8. The lowest BCUT2D eigenvalue weighted by Crippen LogP contribution is -2.40. The van der Waals surface area contributed by atoms with E-state index in [0.717, 1.165) is 11.4 Å². The molecule has 2 rings (SSSR count). The van der Waals surface area contributed by atoms with Crippen molar-refractivity contribution in [2.75, 3.05) is 12.0 Å². The molecule has 0 aliphatic rings. The maximum atomic E-state index is 11.8. The lowest BCUT2D eigenvalue weighted by Gasteiger charge is -2.10. The van der Waals surface area contributed by atoms with E-state index in [0.29, 0.717) is 18.8 Å². The smallest absolute Gasteiger partial charge is 0.237 e. The van der Waals surface area contributed by atoms with Gasteiger partial charge in [0, 0.05) is 6.20 Å². The minimum absolute atomic E-state index is 0.151. The zero-order chi connectivity index (χ0) is 13.7. The first kappa shape index (κ1) is 13.8. The van der Waals surface area contributed by atoms with Gasteiger partial charge in [0.25, 0.3) is 0 Å². The highest BCUT2D eigenvalue weighted by Gasteiger charge is 2.13. The number of fused-ring (bicyclic) bond motifs is 1. The van der Waals surface area contributed by atoms with Crippen LogP contribution in [0.3, 0.4) is 0 Å². The second kappa shape index (κ2) is 6.53. The summed E-state index contributed by atoms with van der Waals surface area (Å²) >= 11 is 1.68. The Bertz CT molecular complexity index is 556. The molecule has 0 saturated heterocycles. The van der Waals surface area contributed by atoms with E-state index in [4.69, 9.17) is 5.73 Å². The Labute approximate surface area is 115 Å². The number of carbonyl (C=O) groups is 1. The van der Waals surface area contributed by atoms with Crippen LogP contribution in [0.1, 0.15) is 12.2 Å². The van der Waals surface area contributed by atoms with Gasteiger partial charge in [0.2, 0.25) is 5.91 Å². The molecule has 2 aromatic rings. The lowest BCUT2D eigenvalue weighted by molar-refractivity contribution is -0.122. The molecule has 3 N–H and O–H groups in total. The normalized spacial score (nSPS) is 12.5. The van der Waals surface area contributed by atoms with Crippen LogP contribution < -0.4 is 11.1 Å². The molecule has 1 atom stereocenters. The molecule has 2 heterocycles. The summed E-state index contributed by atoms with van der Waals surface area (Å²) in [6, 6.07) is 5.19. The van der Waals surface area contributed by atoms with Gasteiger partial charge < -0.3 is 11.1 Å². The third-order valence-corrected chi connectivity index (χ3v) is 3.42. The number of hydrogen-bond acceptors (Lipinski definition) is 5. The number of nitrogens with two attached hydrogens (primary N) is 1. The van der Waals surface area contributed by atoms with Crippen LogP contribution >= 0.6 is 11.8 Å². The van der Waals surface area contributed by atoms with Crippen molar-refractivity contribution in [1.29, 1.82) is 0 Å². The fraction of sp³-hybridized carbons (Fsp3) is 0.417. The van der Waals surface area contributed by atoms with Gasteiger partial charge in [-0.2, -0.15) is 11.8 Å². The number of amides is 1. The van der Waals surface area contributed by atoms with Crippen molar-refractivity contribution < 1.29 is 4.79 Å². The van der Waals surface area contributed by atoms with Gasteiger partial charge >= 0.3 is 0 Å². The average molecular weight is 279 g/mol. The standard InChI is InChI=1S/C12H17N5OS/c1-19-7-5-9(13)12(18)14-8-11-16-15-10-4-2-3-6-17(10)11/h2-4,6,9H,5,7-8,13H2,1H3,(H,14,18)/t9-/m0/s1. The summed E-state index contributed by atoms with van der Waals surface area (Å²) in [5.74, 6) is 1.42. The topological polar surface area (TPSA) is 85.3 Å². The number of thioether (sulfide) groups is 1. The number of nitrogens with one attached hydrogen (secondary N) is 1. The van der Waals surface area contributed by atoms with Crippen molar-refractivity contribution in [3.63, 3.8) is 0 Å². The van der Waals surface area contributed by atoms with E-state index in [1.807, 2.05) is 35.1 Å². The van der Waals surface area contributed by atoms with Crippen molar-refractivity contribution in [2.24, 2.45) is 5.73 Å². The predicted octanol–water partition coefficient (Wildman–Crippen LogP) is 0.426. The van der Waals surface area contributed by atoms with Gasteiger partial charge in [0.05, 0.1) is 12.6 Å². The first-order valence-corrected chi connectivity index (χ1v) is 7.42. The number of pyridine rings is 1. The van der Waals surface area contributed by atoms with E-state index in [1.165, 1.54) is 0 Å². The highest BCUT2D eigenvalue weighted by atomic mass is 32.2. The van der Waals surface area contributed by atoms with Crippen molar-refractivity contribution in [1.82, 2.24) is 19.9 Å². The van der Waals surface area contributed by atoms with E-state index >= 15 is 0 Å². The Morgan fingerprint density at radius 2 is 2.37 bits per heavy atom. The molecule has 0 unspecified atom stereocenters. The van der Waals surface area contributed by atoms with Crippen LogP contribution in [-0.4, -0.2) is 38.6 Å². The van der Waals surface area contributed by atoms with Crippen LogP contribution in [0.15, 0.2) is 24.4 Å². The molecule has 0 aliphatic heterocycles. The molecule has 7 heteroatoms. The minimum Gasteiger partial charge on any atom is -0.347 e. The number of aromatic nitrogens is 3. The molecule has 0 saturated carbocycles. The second-order valence-electron chi connectivity index (χ2n) is 4.15. The molecule has 0 bridgehead atoms. The molecule has 0 radical (unpaired) electrons. The van der Waals surface area contributed by atoms with E-state index < -0.39 is 6.04 Å². The number of nitrogens with zero attached hydrogens (tertiary/aromatic N) is 3. The third-order valence-electron chi connectivity index (χ3n) is 2.77. The van der Waals surface area contributed by atoms with Crippen molar-refractivity contribution >= 4 is 23.3 Å². The maximum Gasteiger partial charge on any atom is 0.237 e. The molecular formula is C12H17N5OS. The molecule has 0 fully saturated rings. The summed E-state index contributed by atoms with van der Waals surface area (Å²) in [7, 11) is 0. The molecular weight excluding hydrogens is 262 g/mol. The van der Waals surface area contributed by atoms with Crippen molar-refractivity contribution in [3.05, 3.63) is 30.2 Å². The molecule has 0 aromatic carbocycles. The van der Waals surface area contributed by atoms with Crippen LogP contribution in [0.5, 0.6) is 0 Å². The van der Waals surface area contributed by atoms with Crippen LogP contribution in [-0.2, 0) is 11.3 Å². The van der Waals surface area contributed by atoms with Gasteiger partial charge in [-0.1, -0.05) is 6.07 Å². The van der Waals surface area contributed by atoms with Gasteiger partial charge in [-0.3, -0.25) is 9.20 Å². The maximum absolute atomic E-state index is 11.8. The molecule has 6 nitrogen and oxygen atoms in total. The van der Waals surface area contributed by atoms with Crippen LogP contribution in [0.25, 0.3) is 5.65 Å². The van der Waals surface area contributed by atoms with E-state index in [-0.39, 0.29) is 5.91 Å². The molecule has 102 valence electrons. The van der Waals surface area contributed by atoms with Crippen LogP contribution in [0, 0.1) is 0 Å². The van der Waals surface area contributed by atoms with Gasteiger partial charge in [0.1, 0.15) is 0 Å². The third kappa shape index (κ3) is 3.45. The van der Waals surface area contributed by atoms with E-state index in [9.17, 15) is 4.79 Å². The Hall–Kier alpha value is -1.60. The Balaban J connectivity index is 1.93.